The lowest BCUT2D eigenvalue weighted by Crippen LogP contribution is -2.37. The maximum Gasteiger partial charge on any atom is 0.0499 e. The van der Waals surface area contributed by atoms with Crippen LogP contribution in [0.25, 0.3) is 0 Å². The summed E-state index contributed by atoms with van der Waals surface area (Å²) in [6, 6.07) is 11.2. The van der Waals surface area contributed by atoms with Gasteiger partial charge in [-0.1, -0.05) is 18.2 Å². The molecule has 18 heavy (non-hydrogen) atoms. The van der Waals surface area contributed by atoms with Gasteiger partial charge in [-0.25, -0.2) is 0 Å². The van der Waals surface area contributed by atoms with Crippen LogP contribution in [0.2, 0.25) is 0 Å². The van der Waals surface area contributed by atoms with Gasteiger partial charge in [-0.2, -0.15) is 0 Å². The quantitative estimate of drug-likeness (QED) is 0.829. The molecule has 0 bridgehead atoms. The van der Waals surface area contributed by atoms with Gasteiger partial charge in [0.15, 0.2) is 0 Å². The van der Waals surface area contributed by atoms with Gasteiger partial charge in [0.05, 0.1) is 0 Å². The molecule has 1 aliphatic carbocycles. The molecule has 1 aliphatic heterocycles. The Morgan fingerprint density at radius 1 is 1.28 bits per heavy atom. The number of para-hydroxylation sites is 1. The SMILES string of the molecule is OCC1(CN[C@@H]2CCN(c3ccccc3)C2)CC1. The van der Waals surface area contributed by atoms with Crippen molar-refractivity contribution in [3.8, 4) is 0 Å². The van der Waals surface area contributed by atoms with E-state index in [9.17, 15) is 5.11 Å². The van der Waals surface area contributed by atoms with Gasteiger partial charge in [-0.15, -0.1) is 0 Å². The van der Waals surface area contributed by atoms with Crippen molar-refractivity contribution < 1.29 is 5.11 Å². The number of anilines is 1. The number of aliphatic hydroxyl groups is 1. The summed E-state index contributed by atoms with van der Waals surface area (Å²) >= 11 is 0. The summed E-state index contributed by atoms with van der Waals surface area (Å²) in [5.41, 5.74) is 1.55. The lowest BCUT2D eigenvalue weighted by molar-refractivity contribution is 0.204. The summed E-state index contributed by atoms with van der Waals surface area (Å²) in [4.78, 5) is 2.44. The molecular weight excluding hydrogens is 224 g/mol. The van der Waals surface area contributed by atoms with Crippen LogP contribution in [0.1, 0.15) is 19.3 Å². The summed E-state index contributed by atoms with van der Waals surface area (Å²) in [5.74, 6) is 0. The highest BCUT2D eigenvalue weighted by Crippen LogP contribution is 2.44. The lowest BCUT2D eigenvalue weighted by Gasteiger charge is -2.20. The van der Waals surface area contributed by atoms with E-state index in [-0.39, 0.29) is 5.41 Å². The second-order valence-corrected chi connectivity index (χ2v) is 5.81. The largest absolute Gasteiger partial charge is 0.396 e. The fourth-order valence-electron chi connectivity index (χ4n) is 2.73. The smallest absolute Gasteiger partial charge is 0.0499 e. The standard InChI is InChI=1S/C15H22N2O/c18-12-15(7-8-15)11-16-13-6-9-17(10-13)14-4-2-1-3-5-14/h1-5,13,16,18H,6-12H2/t13-/m1/s1. The number of benzene rings is 1. The molecule has 1 atom stereocenters. The predicted octanol–water partition coefficient (Wildman–Crippen LogP) is 1.63. The fourth-order valence-corrected chi connectivity index (χ4v) is 2.73. The normalized spacial score (nSPS) is 25.4. The van der Waals surface area contributed by atoms with Gasteiger partial charge >= 0.3 is 0 Å². The van der Waals surface area contributed by atoms with Crippen molar-refractivity contribution in [2.75, 3.05) is 31.1 Å². The Morgan fingerprint density at radius 3 is 2.72 bits per heavy atom. The Kier molecular flexibility index (Phi) is 3.27. The van der Waals surface area contributed by atoms with Crippen molar-refractivity contribution >= 4 is 5.69 Å². The average Bonchev–Trinajstić information content (AvgIpc) is 3.07. The maximum atomic E-state index is 9.31. The van der Waals surface area contributed by atoms with Crippen LogP contribution in [-0.4, -0.2) is 37.4 Å². The van der Waals surface area contributed by atoms with E-state index in [1.807, 2.05) is 0 Å². The van der Waals surface area contributed by atoms with Crippen LogP contribution >= 0.6 is 0 Å². The van der Waals surface area contributed by atoms with E-state index in [0.29, 0.717) is 12.6 Å². The van der Waals surface area contributed by atoms with E-state index in [1.54, 1.807) is 0 Å². The Morgan fingerprint density at radius 2 is 2.06 bits per heavy atom. The summed E-state index contributed by atoms with van der Waals surface area (Å²) in [5, 5.41) is 12.9. The van der Waals surface area contributed by atoms with Gasteiger partial charge in [-0.05, 0) is 31.4 Å². The average molecular weight is 246 g/mol. The summed E-state index contributed by atoms with van der Waals surface area (Å²) in [6.07, 6.45) is 3.58. The van der Waals surface area contributed by atoms with E-state index < -0.39 is 0 Å². The van der Waals surface area contributed by atoms with Gasteiger partial charge in [0.25, 0.3) is 0 Å². The number of aliphatic hydroxyl groups excluding tert-OH is 1. The molecule has 2 N–H and O–H groups in total. The second kappa shape index (κ2) is 4.90. The van der Waals surface area contributed by atoms with E-state index in [1.165, 1.54) is 24.9 Å². The van der Waals surface area contributed by atoms with E-state index in [4.69, 9.17) is 0 Å². The van der Waals surface area contributed by atoms with Gasteiger partial charge in [0, 0.05) is 43.4 Å². The minimum absolute atomic E-state index is 0.222. The van der Waals surface area contributed by atoms with Crippen molar-refractivity contribution in [3.05, 3.63) is 30.3 Å². The van der Waals surface area contributed by atoms with Crippen LogP contribution in [0, 0.1) is 5.41 Å². The van der Waals surface area contributed by atoms with E-state index in [2.05, 4.69) is 40.5 Å². The van der Waals surface area contributed by atoms with Gasteiger partial charge in [0.2, 0.25) is 0 Å². The molecule has 0 aromatic heterocycles. The number of hydrogen-bond donors (Lipinski definition) is 2. The second-order valence-electron chi connectivity index (χ2n) is 5.81. The van der Waals surface area contributed by atoms with Crippen LogP contribution in [-0.2, 0) is 0 Å². The van der Waals surface area contributed by atoms with Crippen LogP contribution in [0.3, 0.4) is 0 Å². The molecule has 3 nitrogen and oxygen atoms in total. The lowest BCUT2D eigenvalue weighted by atomic mass is 10.1. The molecule has 1 heterocycles. The van der Waals surface area contributed by atoms with Crippen molar-refractivity contribution in [1.82, 2.24) is 5.32 Å². The first-order chi connectivity index (χ1) is 8.81. The fraction of sp³-hybridized carbons (Fsp3) is 0.600. The van der Waals surface area contributed by atoms with E-state index >= 15 is 0 Å². The highest BCUT2D eigenvalue weighted by Gasteiger charge is 2.42. The van der Waals surface area contributed by atoms with E-state index in [0.717, 1.165) is 19.6 Å². The topological polar surface area (TPSA) is 35.5 Å². The predicted molar refractivity (Wildman–Crippen MR) is 73.8 cm³/mol. The molecule has 0 amide bonds. The third-order valence-corrected chi connectivity index (χ3v) is 4.37. The molecule has 1 saturated carbocycles. The Balaban J connectivity index is 1.50. The molecule has 1 aromatic carbocycles. The zero-order valence-electron chi connectivity index (χ0n) is 10.8. The molecule has 2 fully saturated rings. The minimum Gasteiger partial charge on any atom is -0.396 e. The molecule has 3 heteroatoms. The van der Waals surface area contributed by atoms with Gasteiger partial charge in [-0.3, -0.25) is 0 Å². The van der Waals surface area contributed by atoms with Crippen LogP contribution in [0.15, 0.2) is 30.3 Å². The number of nitrogens with one attached hydrogen (secondary N) is 1. The first-order valence-electron chi connectivity index (χ1n) is 6.96. The van der Waals surface area contributed by atoms with Crippen molar-refractivity contribution in [2.45, 2.75) is 25.3 Å². The molecule has 3 rings (SSSR count). The number of nitrogens with zero attached hydrogens (tertiary/aromatic N) is 1. The summed E-state index contributed by atoms with van der Waals surface area (Å²) < 4.78 is 0. The van der Waals surface area contributed by atoms with Crippen LogP contribution in [0.5, 0.6) is 0 Å². The third-order valence-electron chi connectivity index (χ3n) is 4.37. The maximum absolute atomic E-state index is 9.31. The minimum atomic E-state index is 0.222. The molecular formula is C15H22N2O. The number of hydrogen-bond acceptors (Lipinski definition) is 3. The van der Waals surface area contributed by atoms with Gasteiger partial charge < -0.3 is 15.3 Å². The Bertz CT molecular complexity index is 389. The molecule has 1 aromatic rings. The monoisotopic (exact) mass is 246 g/mol. The van der Waals surface area contributed by atoms with Crippen LogP contribution in [0.4, 0.5) is 5.69 Å². The molecule has 2 aliphatic rings. The summed E-state index contributed by atoms with van der Waals surface area (Å²) in [7, 11) is 0. The van der Waals surface area contributed by atoms with Crippen LogP contribution < -0.4 is 10.2 Å². The van der Waals surface area contributed by atoms with Gasteiger partial charge in [0.1, 0.15) is 0 Å². The van der Waals surface area contributed by atoms with Crippen molar-refractivity contribution in [3.63, 3.8) is 0 Å². The van der Waals surface area contributed by atoms with Crippen molar-refractivity contribution in [1.29, 1.82) is 0 Å². The first kappa shape index (κ1) is 12.0. The zero-order chi connectivity index (χ0) is 12.4. The first-order valence-corrected chi connectivity index (χ1v) is 6.96. The molecule has 98 valence electrons. The zero-order valence-corrected chi connectivity index (χ0v) is 10.8. The molecule has 0 radical (unpaired) electrons. The van der Waals surface area contributed by atoms with Crippen molar-refractivity contribution in [2.24, 2.45) is 5.41 Å². The highest BCUT2D eigenvalue weighted by molar-refractivity contribution is 5.47. The Labute approximate surface area is 109 Å². The molecule has 0 unspecified atom stereocenters. The highest BCUT2D eigenvalue weighted by atomic mass is 16.3. The molecule has 0 spiro atoms. The molecule has 1 saturated heterocycles. The Hall–Kier alpha value is -1.06. The summed E-state index contributed by atoms with van der Waals surface area (Å²) in [6.45, 7) is 3.55. The third kappa shape index (κ3) is 2.52. The number of rotatable bonds is 5.